The van der Waals surface area contributed by atoms with E-state index in [1.165, 1.54) is 0 Å². The van der Waals surface area contributed by atoms with E-state index in [4.69, 9.17) is 9.52 Å². The van der Waals surface area contributed by atoms with Gasteiger partial charge in [-0.05, 0) is 32.9 Å². The fourth-order valence-electron chi connectivity index (χ4n) is 2.12. The highest BCUT2D eigenvalue weighted by Crippen LogP contribution is 2.19. The highest BCUT2D eigenvalue weighted by molar-refractivity contribution is 5.91. The molecular weight excluding hydrogens is 246 g/mol. The van der Waals surface area contributed by atoms with E-state index in [0.717, 1.165) is 17.0 Å². The largest absolute Gasteiger partial charge is 0.453 e. The summed E-state index contributed by atoms with van der Waals surface area (Å²) in [6.07, 6.45) is 0. The van der Waals surface area contributed by atoms with Gasteiger partial charge in [-0.2, -0.15) is 5.10 Å². The van der Waals surface area contributed by atoms with Gasteiger partial charge in [0.2, 0.25) is 0 Å². The molecule has 102 valence electrons. The lowest BCUT2D eigenvalue weighted by Gasteiger charge is -2.13. The number of H-pyrrole nitrogens is 1. The first-order chi connectivity index (χ1) is 9.02. The van der Waals surface area contributed by atoms with E-state index in [2.05, 4.69) is 15.5 Å². The van der Waals surface area contributed by atoms with Crippen LogP contribution in [0.15, 0.2) is 16.5 Å². The average molecular weight is 263 g/mol. The summed E-state index contributed by atoms with van der Waals surface area (Å²) in [6, 6.07) is 2.95. The van der Waals surface area contributed by atoms with E-state index in [-0.39, 0.29) is 24.3 Å². The summed E-state index contributed by atoms with van der Waals surface area (Å²) in [4.78, 5) is 12.0. The maximum Gasteiger partial charge on any atom is 0.287 e. The second-order valence-corrected chi connectivity index (χ2v) is 4.47. The number of aromatic amines is 1. The molecule has 0 aliphatic heterocycles. The summed E-state index contributed by atoms with van der Waals surface area (Å²) < 4.78 is 5.19. The van der Waals surface area contributed by atoms with E-state index in [9.17, 15) is 4.79 Å². The molecule has 19 heavy (non-hydrogen) atoms. The topological polar surface area (TPSA) is 91.2 Å². The predicted molar refractivity (Wildman–Crippen MR) is 68.6 cm³/mol. The van der Waals surface area contributed by atoms with Gasteiger partial charge in [-0.15, -0.1) is 0 Å². The van der Waals surface area contributed by atoms with E-state index in [0.29, 0.717) is 5.76 Å². The number of hydrogen-bond acceptors (Lipinski definition) is 4. The molecule has 6 heteroatoms. The third-order valence-electron chi connectivity index (χ3n) is 3.01. The van der Waals surface area contributed by atoms with Gasteiger partial charge in [-0.1, -0.05) is 0 Å². The van der Waals surface area contributed by atoms with E-state index < -0.39 is 0 Å². The second kappa shape index (κ2) is 5.27. The Balaban J connectivity index is 2.10. The molecule has 2 heterocycles. The van der Waals surface area contributed by atoms with E-state index in [1.807, 2.05) is 20.8 Å². The van der Waals surface area contributed by atoms with Crippen molar-refractivity contribution in [2.24, 2.45) is 0 Å². The number of aliphatic hydroxyl groups is 1. The number of rotatable bonds is 4. The number of carbonyl (C=O) groups excluding carboxylic acids is 1. The Morgan fingerprint density at radius 3 is 2.79 bits per heavy atom. The predicted octanol–water partition coefficient (Wildman–Crippen LogP) is 1.60. The molecule has 0 spiro atoms. The first kappa shape index (κ1) is 13.4. The molecule has 0 unspecified atom stereocenters. The molecule has 2 rings (SSSR count). The van der Waals surface area contributed by atoms with Crippen molar-refractivity contribution in [3.05, 3.63) is 40.6 Å². The lowest BCUT2D eigenvalue weighted by atomic mass is 10.1. The Bertz CT molecular complexity index is 566. The van der Waals surface area contributed by atoms with Crippen molar-refractivity contribution in [1.29, 1.82) is 0 Å². The molecule has 0 radical (unpaired) electrons. The van der Waals surface area contributed by atoms with Crippen LogP contribution in [0.3, 0.4) is 0 Å². The Kier molecular flexibility index (Phi) is 3.71. The SMILES string of the molecule is Cc1n[nH]c(C)c1[C@H](C)NC(=O)c1ccc(CO)o1. The molecule has 0 aliphatic rings. The number of carbonyl (C=O) groups is 1. The monoisotopic (exact) mass is 263 g/mol. The van der Waals surface area contributed by atoms with E-state index in [1.54, 1.807) is 12.1 Å². The molecule has 1 atom stereocenters. The minimum atomic E-state index is -0.313. The van der Waals surface area contributed by atoms with Gasteiger partial charge < -0.3 is 14.8 Å². The van der Waals surface area contributed by atoms with Crippen molar-refractivity contribution in [2.45, 2.75) is 33.4 Å². The smallest absolute Gasteiger partial charge is 0.287 e. The van der Waals surface area contributed by atoms with Crippen LogP contribution in [0, 0.1) is 13.8 Å². The fourth-order valence-corrected chi connectivity index (χ4v) is 2.12. The molecular formula is C13H17N3O3. The van der Waals surface area contributed by atoms with Crippen LogP contribution in [-0.2, 0) is 6.61 Å². The standard InChI is InChI=1S/C13H17N3O3/c1-7(12-8(2)15-16-9(12)3)14-13(18)11-5-4-10(6-17)19-11/h4-5,7,17H,6H2,1-3H3,(H,14,18)(H,15,16)/t7-/m0/s1. The van der Waals surface area contributed by atoms with Crippen molar-refractivity contribution in [3.8, 4) is 0 Å². The summed E-state index contributed by atoms with van der Waals surface area (Å²) in [5.41, 5.74) is 2.77. The first-order valence-electron chi connectivity index (χ1n) is 6.04. The number of hydrogen-bond donors (Lipinski definition) is 3. The minimum absolute atomic E-state index is 0.172. The number of nitrogens with zero attached hydrogens (tertiary/aromatic N) is 1. The van der Waals surface area contributed by atoms with Gasteiger partial charge in [0.25, 0.3) is 5.91 Å². The number of nitrogens with one attached hydrogen (secondary N) is 2. The average Bonchev–Trinajstić information content (AvgIpc) is 2.96. The maximum atomic E-state index is 12.0. The number of furan rings is 1. The fraction of sp³-hybridized carbons (Fsp3) is 0.385. The molecule has 3 N–H and O–H groups in total. The van der Waals surface area contributed by atoms with Crippen molar-refractivity contribution < 1.29 is 14.3 Å². The van der Waals surface area contributed by atoms with Crippen LogP contribution >= 0.6 is 0 Å². The molecule has 2 aromatic heterocycles. The molecule has 0 aromatic carbocycles. The van der Waals surface area contributed by atoms with Crippen LogP contribution in [-0.4, -0.2) is 21.2 Å². The Hall–Kier alpha value is -2.08. The van der Waals surface area contributed by atoms with Gasteiger partial charge in [0.15, 0.2) is 5.76 Å². The van der Waals surface area contributed by atoms with Crippen LogP contribution in [0.1, 0.15) is 46.2 Å². The van der Waals surface area contributed by atoms with Crippen molar-refractivity contribution >= 4 is 5.91 Å². The van der Waals surface area contributed by atoms with Crippen LogP contribution in [0.2, 0.25) is 0 Å². The molecule has 0 saturated heterocycles. The zero-order valence-electron chi connectivity index (χ0n) is 11.2. The summed E-state index contributed by atoms with van der Waals surface area (Å²) in [7, 11) is 0. The molecule has 0 saturated carbocycles. The first-order valence-corrected chi connectivity index (χ1v) is 6.04. The van der Waals surface area contributed by atoms with Gasteiger partial charge in [0.05, 0.1) is 11.7 Å². The second-order valence-electron chi connectivity index (χ2n) is 4.47. The van der Waals surface area contributed by atoms with Gasteiger partial charge in [0, 0.05) is 11.3 Å². The quantitative estimate of drug-likeness (QED) is 0.781. The third-order valence-corrected chi connectivity index (χ3v) is 3.01. The van der Waals surface area contributed by atoms with Gasteiger partial charge in [-0.3, -0.25) is 9.89 Å². The molecule has 2 aromatic rings. The van der Waals surface area contributed by atoms with Crippen LogP contribution < -0.4 is 5.32 Å². The van der Waals surface area contributed by atoms with Crippen molar-refractivity contribution in [2.75, 3.05) is 0 Å². The normalized spacial score (nSPS) is 12.4. The lowest BCUT2D eigenvalue weighted by molar-refractivity contribution is 0.0907. The molecule has 0 fully saturated rings. The van der Waals surface area contributed by atoms with Crippen LogP contribution in [0.5, 0.6) is 0 Å². The maximum absolute atomic E-state index is 12.0. The zero-order valence-corrected chi connectivity index (χ0v) is 11.2. The van der Waals surface area contributed by atoms with Crippen molar-refractivity contribution in [3.63, 3.8) is 0 Å². The molecule has 0 bridgehead atoms. The summed E-state index contributed by atoms with van der Waals surface area (Å²) >= 11 is 0. The van der Waals surface area contributed by atoms with Gasteiger partial charge in [0.1, 0.15) is 12.4 Å². The van der Waals surface area contributed by atoms with Crippen LogP contribution in [0.25, 0.3) is 0 Å². The molecule has 1 amide bonds. The summed E-state index contributed by atoms with van der Waals surface area (Å²) in [5, 5.41) is 18.7. The lowest BCUT2D eigenvalue weighted by Crippen LogP contribution is -2.26. The molecule has 6 nitrogen and oxygen atoms in total. The summed E-state index contributed by atoms with van der Waals surface area (Å²) in [5.74, 6) is 0.246. The zero-order chi connectivity index (χ0) is 14.0. The highest BCUT2D eigenvalue weighted by atomic mass is 16.4. The number of aromatic nitrogens is 2. The highest BCUT2D eigenvalue weighted by Gasteiger charge is 2.19. The van der Waals surface area contributed by atoms with Gasteiger partial charge >= 0.3 is 0 Å². The minimum Gasteiger partial charge on any atom is -0.453 e. The number of amides is 1. The number of aliphatic hydroxyl groups excluding tert-OH is 1. The van der Waals surface area contributed by atoms with Crippen LogP contribution in [0.4, 0.5) is 0 Å². The Labute approximate surface area is 110 Å². The Morgan fingerprint density at radius 1 is 1.53 bits per heavy atom. The molecule has 0 aliphatic carbocycles. The summed E-state index contributed by atoms with van der Waals surface area (Å²) in [6.45, 7) is 5.47. The van der Waals surface area contributed by atoms with Crippen molar-refractivity contribution in [1.82, 2.24) is 15.5 Å². The Morgan fingerprint density at radius 2 is 2.26 bits per heavy atom. The number of aryl methyl sites for hydroxylation is 2. The van der Waals surface area contributed by atoms with E-state index >= 15 is 0 Å². The third kappa shape index (κ3) is 2.68. The van der Waals surface area contributed by atoms with Gasteiger partial charge in [-0.25, -0.2) is 0 Å².